The number of imidazole rings is 1. The molecule has 10 heteroatoms. The van der Waals surface area contributed by atoms with Gasteiger partial charge in [-0.1, -0.05) is 24.2 Å². The number of fused-ring (bicyclic) bond motifs is 1. The smallest absolute Gasteiger partial charge is 0.276 e. The summed E-state index contributed by atoms with van der Waals surface area (Å²) in [5.74, 6) is 1.63. The zero-order valence-corrected chi connectivity index (χ0v) is 21.0. The average molecular weight is 505 g/mol. The highest BCUT2D eigenvalue weighted by molar-refractivity contribution is 7.91. The minimum Gasteiger partial charge on any atom is -0.457 e. The molecule has 0 radical (unpaired) electrons. The summed E-state index contributed by atoms with van der Waals surface area (Å²) >= 11 is 0. The Bertz CT molecular complexity index is 1760. The molecular formula is C26H24N4O5S. The van der Waals surface area contributed by atoms with Crippen LogP contribution in [0.25, 0.3) is 27.9 Å². The van der Waals surface area contributed by atoms with Crippen LogP contribution >= 0.6 is 0 Å². The Morgan fingerprint density at radius 1 is 1.11 bits per heavy atom. The summed E-state index contributed by atoms with van der Waals surface area (Å²) in [5, 5.41) is 4.03. The predicted octanol–water partition coefficient (Wildman–Crippen LogP) is 4.56. The minimum absolute atomic E-state index is 0.0418. The molecule has 0 amide bonds. The minimum atomic E-state index is -3.49. The number of hydrogen-bond donors (Lipinski definition) is 0. The van der Waals surface area contributed by atoms with Gasteiger partial charge in [0.25, 0.3) is 5.56 Å². The number of benzene rings is 2. The summed E-state index contributed by atoms with van der Waals surface area (Å²) < 4.78 is 40.1. The zero-order valence-electron chi connectivity index (χ0n) is 20.2. The number of rotatable bonds is 6. The summed E-state index contributed by atoms with van der Waals surface area (Å²) in [6, 6.07) is 12.2. The van der Waals surface area contributed by atoms with Crippen LogP contribution in [0.3, 0.4) is 0 Å². The van der Waals surface area contributed by atoms with Crippen molar-refractivity contribution in [3.8, 4) is 33.9 Å². The van der Waals surface area contributed by atoms with Crippen LogP contribution in [0.5, 0.6) is 11.5 Å². The molecule has 5 rings (SSSR count). The fourth-order valence-electron chi connectivity index (χ4n) is 4.23. The van der Waals surface area contributed by atoms with Gasteiger partial charge in [0.2, 0.25) is 0 Å². The highest BCUT2D eigenvalue weighted by atomic mass is 32.2. The van der Waals surface area contributed by atoms with E-state index in [9.17, 15) is 13.2 Å². The highest BCUT2D eigenvalue weighted by Gasteiger charge is 2.20. The van der Waals surface area contributed by atoms with Gasteiger partial charge < -0.3 is 13.8 Å². The van der Waals surface area contributed by atoms with E-state index in [2.05, 4.69) is 10.1 Å². The molecule has 5 aromatic rings. The Morgan fingerprint density at radius 3 is 2.64 bits per heavy atom. The van der Waals surface area contributed by atoms with E-state index < -0.39 is 9.84 Å². The molecule has 36 heavy (non-hydrogen) atoms. The third kappa shape index (κ3) is 3.99. The summed E-state index contributed by atoms with van der Waals surface area (Å²) in [5.41, 5.74) is 3.76. The molecule has 0 unspecified atom stereocenters. The van der Waals surface area contributed by atoms with Crippen LogP contribution in [0.1, 0.15) is 18.4 Å². The molecule has 0 aliphatic heterocycles. The first-order valence-electron chi connectivity index (χ1n) is 11.3. The van der Waals surface area contributed by atoms with Crippen molar-refractivity contribution in [1.29, 1.82) is 0 Å². The Balaban J connectivity index is 1.69. The molecule has 0 aliphatic carbocycles. The summed E-state index contributed by atoms with van der Waals surface area (Å²) in [7, 11) is -1.85. The van der Waals surface area contributed by atoms with Gasteiger partial charge in [0.05, 0.1) is 34.6 Å². The zero-order chi connectivity index (χ0) is 25.6. The van der Waals surface area contributed by atoms with E-state index in [1.807, 2.05) is 38.1 Å². The van der Waals surface area contributed by atoms with Crippen molar-refractivity contribution in [2.45, 2.75) is 25.7 Å². The van der Waals surface area contributed by atoms with Crippen LogP contribution in [-0.2, 0) is 16.9 Å². The third-order valence-corrected chi connectivity index (χ3v) is 7.84. The second-order valence-corrected chi connectivity index (χ2v) is 10.7. The van der Waals surface area contributed by atoms with Gasteiger partial charge in [-0.05, 0) is 49.7 Å². The van der Waals surface area contributed by atoms with Gasteiger partial charge in [-0.15, -0.1) is 0 Å². The van der Waals surface area contributed by atoms with Crippen molar-refractivity contribution in [3.63, 3.8) is 0 Å². The van der Waals surface area contributed by atoms with E-state index in [4.69, 9.17) is 9.26 Å². The quantitative estimate of drug-likeness (QED) is 0.334. The van der Waals surface area contributed by atoms with Crippen molar-refractivity contribution in [2.75, 3.05) is 5.75 Å². The molecule has 184 valence electrons. The highest BCUT2D eigenvalue weighted by Crippen LogP contribution is 2.37. The van der Waals surface area contributed by atoms with Gasteiger partial charge in [0.15, 0.2) is 9.84 Å². The number of sulfone groups is 1. The van der Waals surface area contributed by atoms with E-state index in [-0.39, 0.29) is 16.2 Å². The first kappa shape index (κ1) is 23.6. The van der Waals surface area contributed by atoms with Crippen molar-refractivity contribution in [1.82, 2.24) is 19.1 Å². The van der Waals surface area contributed by atoms with Crippen LogP contribution < -0.4 is 10.3 Å². The molecule has 9 nitrogen and oxygen atoms in total. The van der Waals surface area contributed by atoms with Crippen LogP contribution in [-0.4, -0.2) is 33.3 Å². The Kier molecular flexibility index (Phi) is 5.76. The summed E-state index contributed by atoms with van der Waals surface area (Å²) in [4.78, 5) is 16.9. The Labute approximate surface area is 207 Å². The van der Waals surface area contributed by atoms with Gasteiger partial charge in [-0.2, -0.15) is 0 Å². The molecule has 0 N–H and O–H groups in total. The topological polar surface area (TPSA) is 109 Å². The number of aromatic nitrogens is 4. The lowest BCUT2D eigenvalue weighted by molar-refractivity contribution is 0.393. The first-order valence-corrected chi connectivity index (χ1v) is 12.9. The van der Waals surface area contributed by atoms with Crippen LogP contribution in [0.4, 0.5) is 0 Å². The lowest BCUT2D eigenvalue weighted by atomic mass is 10.0. The van der Waals surface area contributed by atoms with E-state index >= 15 is 0 Å². The SMILES string of the molecule is CCS(=O)(=O)c1ccc(Oc2cccc(-c3c(C)noc3C)c2)c(-c2cn(C)c(=O)c3cncn23)c1. The van der Waals surface area contributed by atoms with Gasteiger partial charge in [0, 0.05) is 24.4 Å². The molecule has 0 saturated carbocycles. The standard InChI is InChI=1S/C26H24N4O5S/c1-5-36(32,33)20-9-10-24(21(12-20)23-14-29(4)26(31)22-13-27-15-30(22)23)34-19-8-6-7-18(11-19)25-16(2)28-35-17(25)3/h6-15H,5H2,1-4H3. The van der Waals surface area contributed by atoms with Crippen LogP contribution in [0.15, 0.2) is 75.4 Å². The second kappa shape index (κ2) is 8.80. The fraction of sp³-hybridized carbons (Fsp3) is 0.192. The van der Waals surface area contributed by atoms with Crippen LogP contribution in [0, 0.1) is 13.8 Å². The van der Waals surface area contributed by atoms with E-state index in [0.717, 1.165) is 16.8 Å². The number of nitrogens with zero attached hydrogens (tertiary/aromatic N) is 4. The number of ether oxygens (including phenoxy) is 1. The average Bonchev–Trinajstić information content (AvgIpc) is 3.48. The molecule has 3 heterocycles. The summed E-state index contributed by atoms with van der Waals surface area (Å²) in [6.45, 7) is 5.32. The molecule has 0 spiro atoms. The Hall–Kier alpha value is -4.18. The van der Waals surface area contributed by atoms with Gasteiger partial charge in [-0.3, -0.25) is 9.20 Å². The second-order valence-electron chi connectivity index (χ2n) is 8.47. The largest absolute Gasteiger partial charge is 0.457 e. The normalized spacial score (nSPS) is 11.8. The Morgan fingerprint density at radius 2 is 1.92 bits per heavy atom. The molecule has 0 bridgehead atoms. The van der Waals surface area contributed by atoms with Crippen molar-refractivity contribution in [2.24, 2.45) is 7.05 Å². The lowest BCUT2D eigenvalue weighted by Gasteiger charge is -2.16. The maximum Gasteiger partial charge on any atom is 0.276 e. The lowest BCUT2D eigenvalue weighted by Crippen LogP contribution is -2.19. The van der Waals surface area contributed by atoms with Gasteiger partial charge in [-0.25, -0.2) is 13.4 Å². The van der Waals surface area contributed by atoms with E-state index in [0.29, 0.717) is 34.0 Å². The van der Waals surface area contributed by atoms with Crippen molar-refractivity contribution in [3.05, 3.63) is 83.0 Å². The van der Waals surface area contributed by atoms with E-state index in [1.165, 1.54) is 23.2 Å². The molecule has 0 atom stereocenters. The van der Waals surface area contributed by atoms with Crippen molar-refractivity contribution < 1.29 is 17.7 Å². The number of aryl methyl sites for hydroxylation is 3. The fourth-order valence-corrected chi connectivity index (χ4v) is 5.13. The molecule has 3 aromatic heterocycles. The molecule has 0 aliphatic rings. The third-order valence-electron chi connectivity index (χ3n) is 6.10. The summed E-state index contributed by atoms with van der Waals surface area (Å²) in [6.07, 6.45) is 4.64. The van der Waals surface area contributed by atoms with Crippen molar-refractivity contribution >= 4 is 15.4 Å². The van der Waals surface area contributed by atoms with E-state index in [1.54, 1.807) is 36.7 Å². The van der Waals surface area contributed by atoms with Crippen LogP contribution in [0.2, 0.25) is 0 Å². The number of hydrogen-bond acceptors (Lipinski definition) is 7. The predicted molar refractivity (Wildman–Crippen MR) is 135 cm³/mol. The van der Waals surface area contributed by atoms with Gasteiger partial charge in [0.1, 0.15) is 22.8 Å². The molecular weight excluding hydrogens is 480 g/mol. The molecule has 0 saturated heterocycles. The van der Waals surface area contributed by atoms with Gasteiger partial charge >= 0.3 is 0 Å². The maximum absolute atomic E-state index is 12.7. The molecule has 2 aromatic carbocycles. The molecule has 0 fully saturated rings. The first-order chi connectivity index (χ1) is 17.2. The maximum atomic E-state index is 12.7. The monoisotopic (exact) mass is 504 g/mol.